The summed E-state index contributed by atoms with van der Waals surface area (Å²) in [5.74, 6) is 1.48. The number of ether oxygens (including phenoxy) is 2. The summed E-state index contributed by atoms with van der Waals surface area (Å²) in [5.41, 5.74) is 4.92. The minimum Gasteiger partial charge on any atom is -0.490 e. The van der Waals surface area contributed by atoms with Crippen LogP contribution in [0.15, 0.2) is 40.7 Å². The first kappa shape index (κ1) is 22.6. The Kier molecular flexibility index (Phi) is 7.02. The molecule has 5 heteroatoms. The quantitative estimate of drug-likeness (QED) is 0.522. The van der Waals surface area contributed by atoms with Crippen LogP contribution >= 0.6 is 0 Å². The van der Waals surface area contributed by atoms with Crippen LogP contribution in [0.2, 0.25) is 0 Å². The van der Waals surface area contributed by atoms with Crippen LogP contribution in [0.4, 0.5) is 0 Å². The van der Waals surface area contributed by atoms with Crippen molar-refractivity contribution in [3.05, 3.63) is 46.3 Å². The Hall–Kier alpha value is -2.56. The molecule has 1 aromatic rings. The van der Waals surface area contributed by atoms with Gasteiger partial charge in [0.25, 0.3) is 0 Å². The topological polar surface area (TPSA) is 55.8 Å². The zero-order valence-corrected chi connectivity index (χ0v) is 19.7. The highest BCUT2D eigenvalue weighted by Gasteiger charge is 2.43. The van der Waals surface area contributed by atoms with Crippen molar-refractivity contribution in [2.75, 3.05) is 19.8 Å². The van der Waals surface area contributed by atoms with Gasteiger partial charge in [0.2, 0.25) is 0 Å². The third-order valence-electron chi connectivity index (χ3n) is 6.60. The first-order valence-corrected chi connectivity index (χ1v) is 12.3. The van der Waals surface area contributed by atoms with Crippen molar-refractivity contribution in [2.45, 2.75) is 78.1 Å². The van der Waals surface area contributed by atoms with E-state index < -0.39 is 0 Å². The predicted octanol–water partition coefficient (Wildman–Crippen LogP) is 5.70. The molecule has 0 aromatic heterocycles. The highest BCUT2D eigenvalue weighted by molar-refractivity contribution is 6.06. The normalized spacial score (nSPS) is 19.3. The predicted molar refractivity (Wildman–Crippen MR) is 125 cm³/mol. The van der Waals surface area contributed by atoms with E-state index in [1.54, 1.807) is 0 Å². The van der Waals surface area contributed by atoms with Gasteiger partial charge in [-0.2, -0.15) is 0 Å². The van der Waals surface area contributed by atoms with E-state index in [1.165, 1.54) is 0 Å². The molecule has 3 aliphatic rings. The maximum Gasteiger partial charge on any atom is 0.161 e. The molecule has 32 heavy (non-hydrogen) atoms. The number of carbonyl (C=O) groups is 2. The van der Waals surface area contributed by atoms with E-state index in [1.807, 2.05) is 25.1 Å². The summed E-state index contributed by atoms with van der Waals surface area (Å²) in [5, 5.41) is 0. The van der Waals surface area contributed by atoms with Gasteiger partial charge in [-0.3, -0.25) is 9.59 Å². The second kappa shape index (κ2) is 9.93. The Balaban J connectivity index is 1.87. The Labute approximate surface area is 191 Å². The number of allylic oxidation sites excluding steroid dienone is 4. The number of rotatable bonds is 8. The van der Waals surface area contributed by atoms with Crippen LogP contribution in [0.25, 0.3) is 0 Å². The first-order valence-electron chi connectivity index (χ1n) is 12.3. The molecular formula is C27H35NO4. The molecule has 0 radical (unpaired) electrons. The summed E-state index contributed by atoms with van der Waals surface area (Å²) in [4.78, 5) is 28.9. The van der Waals surface area contributed by atoms with Crippen molar-refractivity contribution >= 4 is 11.6 Å². The van der Waals surface area contributed by atoms with Gasteiger partial charge in [0.05, 0.1) is 13.2 Å². The zero-order chi connectivity index (χ0) is 22.7. The van der Waals surface area contributed by atoms with Gasteiger partial charge in [0.1, 0.15) is 0 Å². The molecule has 1 aromatic carbocycles. The number of carbonyl (C=O) groups excluding carboxylic acids is 2. The van der Waals surface area contributed by atoms with Crippen molar-refractivity contribution in [3.8, 4) is 11.5 Å². The van der Waals surface area contributed by atoms with Gasteiger partial charge in [0, 0.05) is 47.8 Å². The molecular weight excluding hydrogens is 402 g/mol. The molecule has 0 N–H and O–H groups in total. The van der Waals surface area contributed by atoms with Gasteiger partial charge >= 0.3 is 0 Å². The fourth-order valence-electron chi connectivity index (χ4n) is 5.35. The zero-order valence-electron chi connectivity index (χ0n) is 19.7. The van der Waals surface area contributed by atoms with E-state index in [0.717, 1.165) is 73.2 Å². The molecule has 0 saturated carbocycles. The molecule has 0 amide bonds. The smallest absolute Gasteiger partial charge is 0.161 e. The van der Waals surface area contributed by atoms with Crippen molar-refractivity contribution in [2.24, 2.45) is 0 Å². The van der Waals surface area contributed by atoms with Crippen molar-refractivity contribution in [1.82, 2.24) is 4.90 Å². The Morgan fingerprint density at radius 1 is 0.844 bits per heavy atom. The molecule has 1 aliphatic heterocycles. The van der Waals surface area contributed by atoms with Gasteiger partial charge in [-0.15, -0.1) is 0 Å². The van der Waals surface area contributed by atoms with E-state index in [0.29, 0.717) is 37.6 Å². The van der Waals surface area contributed by atoms with Gasteiger partial charge < -0.3 is 14.4 Å². The summed E-state index contributed by atoms with van der Waals surface area (Å²) in [6, 6.07) is 5.95. The molecule has 172 valence electrons. The monoisotopic (exact) mass is 437 g/mol. The third kappa shape index (κ3) is 4.10. The molecule has 0 bridgehead atoms. The lowest BCUT2D eigenvalue weighted by Gasteiger charge is -2.44. The van der Waals surface area contributed by atoms with Crippen LogP contribution in [0, 0.1) is 0 Å². The standard InChI is InChI=1S/C27H35NO4/c1-4-15-28-19-9-7-11-21(29)26(19)25(27-20(28)10-8-12-22(27)30)18-13-14-23(32-16-5-2)24(17-18)31-6-3/h13-14,17,25H,4-12,15-16H2,1-3H3. The maximum atomic E-state index is 13.3. The first-order chi connectivity index (χ1) is 15.6. The molecule has 4 rings (SSSR count). The van der Waals surface area contributed by atoms with Crippen molar-refractivity contribution < 1.29 is 19.1 Å². The highest BCUT2D eigenvalue weighted by Crippen LogP contribution is 2.50. The van der Waals surface area contributed by atoms with E-state index in [2.05, 4.69) is 18.7 Å². The fourth-order valence-corrected chi connectivity index (χ4v) is 5.35. The van der Waals surface area contributed by atoms with Crippen LogP contribution < -0.4 is 9.47 Å². The van der Waals surface area contributed by atoms with Crippen LogP contribution in [-0.4, -0.2) is 36.2 Å². The van der Waals surface area contributed by atoms with Crippen LogP contribution in [0.3, 0.4) is 0 Å². The van der Waals surface area contributed by atoms with Gasteiger partial charge in [0.15, 0.2) is 23.1 Å². The number of benzene rings is 1. The van der Waals surface area contributed by atoms with Crippen LogP contribution in [0.1, 0.15) is 83.6 Å². The molecule has 0 fully saturated rings. The van der Waals surface area contributed by atoms with E-state index in [9.17, 15) is 9.59 Å². The average Bonchev–Trinajstić information content (AvgIpc) is 2.79. The molecule has 0 spiro atoms. The lowest BCUT2D eigenvalue weighted by molar-refractivity contribution is -0.117. The van der Waals surface area contributed by atoms with E-state index in [-0.39, 0.29) is 17.5 Å². The lowest BCUT2D eigenvalue weighted by atomic mass is 9.71. The van der Waals surface area contributed by atoms with Crippen molar-refractivity contribution in [3.63, 3.8) is 0 Å². The molecule has 0 unspecified atom stereocenters. The minimum absolute atomic E-state index is 0.187. The molecule has 0 saturated heterocycles. The Morgan fingerprint density at radius 3 is 2.06 bits per heavy atom. The summed E-state index contributed by atoms with van der Waals surface area (Å²) in [7, 11) is 0. The molecule has 2 aliphatic carbocycles. The fraction of sp³-hybridized carbons (Fsp3) is 0.556. The summed E-state index contributed by atoms with van der Waals surface area (Å²) < 4.78 is 11.8. The Bertz CT molecular complexity index is 914. The molecule has 0 atom stereocenters. The number of ketones is 2. The number of Topliss-reactive ketones (excluding diaryl/α,β-unsaturated/α-hetero) is 2. The Morgan fingerprint density at radius 2 is 1.50 bits per heavy atom. The SMILES string of the molecule is CCCOc1ccc(C2C3=C(CCCC3=O)N(CCC)C3=C2C(=O)CCC3)cc1OCC. The average molecular weight is 438 g/mol. The maximum absolute atomic E-state index is 13.3. The van der Waals surface area contributed by atoms with Crippen molar-refractivity contribution in [1.29, 1.82) is 0 Å². The second-order valence-electron chi connectivity index (χ2n) is 8.85. The highest BCUT2D eigenvalue weighted by atomic mass is 16.5. The lowest BCUT2D eigenvalue weighted by Crippen LogP contribution is -2.39. The van der Waals surface area contributed by atoms with Gasteiger partial charge in [-0.25, -0.2) is 0 Å². The summed E-state index contributed by atoms with van der Waals surface area (Å²) in [6.07, 6.45) is 6.59. The number of hydrogen-bond donors (Lipinski definition) is 0. The van der Waals surface area contributed by atoms with Crippen LogP contribution in [0.5, 0.6) is 11.5 Å². The van der Waals surface area contributed by atoms with Gasteiger partial charge in [-0.1, -0.05) is 19.9 Å². The number of nitrogens with zero attached hydrogens (tertiary/aromatic N) is 1. The molecule has 1 heterocycles. The summed E-state index contributed by atoms with van der Waals surface area (Å²) >= 11 is 0. The largest absolute Gasteiger partial charge is 0.490 e. The molecule has 5 nitrogen and oxygen atoms in total. The van der Waals surface area contributed by atoms with E-state index in [4.69, 9.17) is 9.47 Å². The minimum atomic E-state index is -0.298. The van der Waals surface area contributed by atoms with E-state index >= 15 is 0 Å². The van der Waals surface area contributed by atoms with Crippen LogP contribution in [-0.2, 0) is 9.59 Å². The summed E-state index contributed by atoms with van der Waals surface area (Å²) in [6.45, 7) is 8.20. The number of hydrogen-bond acceptors (Lipinski definition) is 5. The third-order valence-corrected chi connectivity index (χ3v) is 6.60. The second-order valence-corrected chi connectivity index (χ2v) is 8.85. The van der Waals surface area contributed by atoms with Gasteiger partial charge in [-0.05, 0) is 63.1 Å².